The van der Waals surface area contributed by atoms with Gasteiger partial charge in [0.2, 0.25) is 5.95 Å². The Morgan fingerprint density at radius 3 is 3.00 bits per heavy atom. The van der Waals surface area contributed by atoms with Crippen LogP contribution in [0.1, 0.15) is 32.1 Å². The molecule has 1 aliphatic carbocycles. The second-order valence-corrected chi connectivity index (χ2v) is 5.51. The van der Waals surface area contributed by atoms with Crippen molar-refractivity contribution in [2.75, 3.05) is 16.9 Å². The first-order chi connectivity index (χ1) is 8.79. The molecule has 18 heavy (non-hydrogen) atoms. The van der Waals surface area contributed by atoms with Crippen LogP contribution in [-0.4, -0.2) is 22.6 Å². The van der Waals surface area contributed by atoms with E-state index in [1.165, 1.54) is 32.1 Å². The molecular formula is C12H18ClN5. The Hall–Kier alpha value is -1.07. The number of nitrogens with zero attached hydrogens (tertiary/aromatic N) is 3. The fourth-order valence-corrected chi connectivity index (χ4v) is 3.55. The summed E-state index contributed by atoms with van der Waals surface area (Å²) < 4.78 is 0. The Morgan fingerprint density at radius 2 is 2.17 bits per heavy atom. The normalized spacial score (nSPS) is 27.1. The van der Waals surface area contributed by atoms with Gasteiger partial charge in [-0.1, -0.05) is 18.0 Å². The Bertz CT molecular complexity index is 438. The lowest BCUT2D eigenvalue weighted by atomic mass is 9.92. The van der Waals surface area contributed by atoms with Gasteiger partial charge in [0.05, 0.1) is 6.20 Å². The van der Waals surface area contributed by atoms with Gasteiger partial charge in [-0.25, -0.2) is 10.8 Å². The van der Waals surface area contributed by atoms with Crippen molar-refractivity contribution >= 4 is 23.4 Å². The monoisotopic (exact) mass is 267 g/mol. The van der Waals surface area contributed by atoms with Crippen molar-refractivity contribution in [1.29, 1.82) is 0 Å². The number of hydrazine groups is 1. The van der Waals surface area contributed by atoms with Crippen molar-refractivity contribution in [3.8, 4) is 0 Å². The fraction of sp³-hybridized carbons (Fsp3) is 0.667. The number of rotatable bonds is 2. The molecule has 6 heteroatoms. The maximum Gasteiger partial charge on any atom is 0.239 e. The van der Waals surface area contributed by atoms with Crippen molar-refractivity contribution in [3.63, 3.8) is 0 Å². The Morgan fingerprint density at radius 1 is 1.33 bits per heavy atom. The van der Waals surface area contributed by atoms with Gasteiger partial charge < -0.3 is 4.90 Å². The van der Waals surface area contributed by atoms with Gasteiger partial charge in [0.1, 0.15) is 5.02 Å². The standard InChI is InChI=1S/C12H18ClN5/c13-9-7-15-12(17-14)16-11(9)18-6-2-4-8-3-1-5-10(8)18/h7-8,10H,1-6,14H2,(H,15,16,17). The molecule has 5 nitrogen and oxygen atoms in total. The number of nitrogen functional groups attached to an aromatic ring is 1. The average molecular weight is 268 g/mol. The van der Waals surface area contributed by atoms with E-state index in [0.29, 0.717) is 17.0 Å². The summed E-state index contributed by atoms with van der Waals surface area (Å²) in [6.07, 6.45) is 8.08. The minimum atomic E-state index is 0.425. The third kappa shape index (κ3) is 2.01. The van der Waals surface area contributed by atoms with Crippen molar-refractivity contribution in [1.82, 2.24) is 9.97 Å². The summed E-state index contributed by atoms with van der Waals surface area (Å²) in [4.78, 5) is 10.8. The second kappa shape index (κ2) is 4.90. The summed E-state index contributed by atoms with van der Waals surface area (Å²) in [5.74, 6) is 7.43. The minimum absolute atomic E-state index is 0.425. The highest BCUT2D eigenvalue weighted by molar-refractivity contribution is 6.32. The molecule has 2 fully saturated rings. The van der Waals surface area contributed by atoms with Gasteiger partial charge in [0, 0.05) is 12.6 Å². The van der Waals surface area contributed by atoms with Crippen molar-refractivity contribution < 1.29 is 0 Å². The molecular weight excluding hydrogens is 250 g/mol. The maximum absolute atomic E-state index is 6.24. The number of piperidine rings is 1. The molecule has 0 spiro atoms. The van der Waals surface area contributed by atoms with Gasteiger partial charge in [-0.15, -0.1) is 0 Å². The zero-order valence-corrected chi connectivity index (χ0v) is 11.0. The molecule has 0 aromatic carbocycles. The molecule has 0 radical (unpaired) electrons. The summed E-state index contributed by atoms with van der Waals surface area (Å²) in [5, 5.41) is 0.613. The molecule has 2 aliphatic rings. The van der Waals surface area contributed by atoms with E-state index in [1.54, 1.807) is 6.20 Å². The van der Waals surface area contributed by atoms with Crippen molar-refractivity contribution in [2.24, 2.45) is 11.8 Å². The highest BCUT2D eigenvalue weighted by Crippen LogP contribution is 2.40. The van der Waals surface area contributed by atoms with E-state index in [9.17, 15) is 0 Å². The van der Waals surface area contributed by atoms with E-state index >= 15 is 0 Å². The molecule has 1 aliphatic heterocycles. The lowest BCUT2D eigenvalue weighted by Crippen LogP contribution is -2.43. The van der Waals surface area contributed by atoms with E-state index in [2.05, 4.69) is 20.3 Å². The lowest BCUT2D eigenvalue weighted by Gasteiger charge is -2.39. The SMILES string of the molecule is NNc1ncc(Cl)c(N2CCCC3CCCC32)n1. The summed E-state index contributed by atoms with van der Waals surface area (Å²) in [5.41, 5.74) is 2.49. The number of nitrogens with two attached hydrogens (primary N) is 1. The molecule has 3 N–H and O–H groups in total. The molecule has 0 bridgehead atoms. The van der Waals surface area contributed by atoms with Crippen molar-refractivity contribution in [3.05, 3.63) is 11.2 Å². The van der Waals surface area contributed by atoms with Crippen LogP contribution in [0.3, 0.4) is 0 Å². The number of hydrogen-bond donors (Lipinski definition) is 2. The maximum atomic E-state index is 6.24. The second-order valence-electron chi connectivity index (χ2n) is 5.10. The molecule has 3 rings (SSSR count). The zero-order chi connectivity index (χ0) is 12.5. The highest BCUT2D eigenvalue weighted by Gasteiger charge is 2.36. The first kappa shape index (κ1) is 12.0. The Kier molecular flexibility index (Phi) is 3.26. The van der Waals surface area contributed by atoms with Crippen molar-refractivity contribution in [2.45, 2.75) is 38.1 Å². The smallest absolute Gasteiger partial charge is 0.239 e. The van der Waals surface area contributed by atoms with Gasteiger partial charge >= 0.3 is 0 Å². The quantitative estimate of drug-likeness (QED) is 0.635. The number of aromatic nitrogens is 2. The molecule has 2 unspecified atom stereocenters. The van der Waals surface area contributed by atoms with Gasteiger partial charge in [0.15, 0.2) is 5.82 Å². The molecule has 98 valence electrons. The molecule has 2 heterocycles. The van der Waals surface area contributed by atoms with Crippen LogP contribution >= 0.6 is 11.6 Å². The summed E-state index contributed by atoms with van der Waals surface area (Å²) in [7, 11) is 0. The summed E-state index contributed by atoms with van der Waals surface area (Å²) >= 11 is 6.24. The number of anilines is 2. The van der Waals surface area contributed by atoms with Crippen LogP contribution in [0.25, 0.3) is 0 Å². The van der Waals surface area contributed by atoms with E-state index in [1.807, 2.05) is 0 Å². The van der Waals surface area contributed by atoms with Crippen LogP contribution in [0.15, 0.2) is 6.20 Å². The molecule has 0 amide bonds. The first-order valence-corrected chi connectivity index (χ1v) is 6.93. The molecule has 1 saturated carbocycles. The largest absolute Gasteiger partial charge is 0.352 e. The predicted molar refractivity (Wildman–Crippen MR) is 72.6 cm³/mol. The van der Waals surface area contributed by atoms with Crippen LogP contribution in [0.4, 0.5) is 11.8 Å². The molecule has 2 atom stereocenters. The number of nitrogens with one attached hydrogen (secondary N) is 1. The van der Waals surface area contributed by atoms with E-state index in [-0.39, 0.29) is 0 Å². The van der Waals surface area contributed by atoms with Gasteiger partial charge in [0.25, 0.3) is 0 Å². The lowest BCUT2D eigenvalue weighted by molar-refractivity contribution is 0.360. The molecule has 1 aromatic rings. The van der Waals surface area contributed by atoms with Crippen LogP contribution in [0.5, 0.6) is 0 Å². The van der Waals surface area contributed by atoms with Gasteiger partial charge in [-0.05, 0) is 31.6 Å². The van der Waals surface area contributed by atoms with E-state index in [0.717, 1.165) is 18.3 Å². The molecule has 1 saturated heterocycles. The third-order valence-corrected chi connectivity index (χ3v) is 4.39. The minimum Gasteiger partial charge on any atom is -0.352 e. The van der Waals surface area contributed by atoms with Crippen LogP contribution in [0, 0.1) is 5.92 Å². The summed E-state index contributed by atoms with van der Waals surface area (Å²) in [6, 6.07) is 0.594. The van der Waals surface area contributed by atoms with E-state index < -0.39 is 0 Å². The highest BCUT2D eigenvalue weighted by atomic mass is 35.5. The number of hydrogen-bond acceptors (Lipinski definition) is 5. The van der Waals surface area contributed by atoms with E-state index in [4.69, 9.17) is 17.4 Å². The van der Waals surface area contributed by atoms with Crippen LogP contribution in [0.2, 0.25) is 5.02 Å². The predicted octanol–water partition coefficient (Wildman–Crippen LogP) is 2.18. The van der Waals surface area contributed by atoms with Gasteiger partial charge in [-0.3, -0.25) is 5.43 Å². The number of fused-ring (bicyclic) bond motifs is 1. The average Bonchev–Trinajstić information content (AvgIpc) is 2.87. The zero-order valence-electron chi connectivity index (χ0n) is 10.3. The summed E-state index contributed by atoms with van der Waals surface area (Å²) in [6.45, 7) is 1.03. The molecule has 1 aromatic heterocycles. The van der Waals surface area contributed by atoms with Gasteiger partial charge in [-0.2, -0.15) is 4.98 Å². The number of halogens is 1. The first-order valence-electron chi connectivity index (χ1n) is 6.55. The Balaban J connectivity index is 1.93. The van der Waals surface area contributed by atoms with Crippen LogP contribution < -0.4 is 16.2 Å². The third-order valence-electron chi connectivity index (χ3n) is 4.12. The van der Waals surface area contributed by atoms with Crippen LogP contribution in [-0.2, 0) is 0 Å². The topological polar surface area (TPSA) is 67.1 Å². The fourth-order valence-electron chi connectivity index (χ4n) is 3.35. The Labute approximate surface area is 112 Å².